The molecule has 0 atom stereocenters. The molecular weight excluding hydrogens is 191 g/mol. The van der Waals surface area contributed by atoms with Crippen LogP contribution in [0.5, 0.6) is 0 Å². The van der Waals surface area contributed by atoms with Crippen LogP contribution in [0.2, 0.25) is 0 Å². The molecule has 1 aromatic rings. The van der Waals surface area contributed by atoms with Gasteiger partial charge in [0, 0.05) is 30.8 Å². The van der Waals surface area contributed by atoms with Gasteiger partial charge in [0.25, 0.3) is 0 Å². The summed E-state index contributed by atoms with van der Waals surface area (Å²) in [5.41, 5.74) is 0. The normalized spacial score (nSPS) is 13.6. The van der Waals surface area contributed by atoms with Gasteiger partial charge in [-0.05, 0) is 0 Å². The molecule has 0 aliphatic rings. The molecule has 0 radical (unpaired) electrons. The van der Waals surface area contributed by atoms with E-state index in [2.05, 4.69) is 57.1 Å². The smallest absolute Gasteiger partial charge is 0.0979 e. The minimum absolute atomic E-state index is 0.247. The van der Waals surface area contributed by atoms with Crippen molar-refractivity contribution in [3.05, 3.63) is 18.7 Å². The number of hydrogen-bond acceptors (Lipinski definition) is 1. The molecule has 0 aromatic carbocycles. The van der Waals surface area contributed by atoms with E-state index in [9.17, 15) is 0 Å². The van der Waals surface area contributed by atoms with Gasteiger partial charge < -0.3 is 4.34 Å². The summed E-state index contributed by atoms with van der Waals surface area (Å²) in [7, 11) is -0.247. The summed E-state index contributed by atoms with van der Waals surface area (Å²) in [5.74, 6) is 0. The van der Waals surface area contributed by atoms with Gasteiger partial charge in [0.15, 0.2) is 0 Å². The van der Waals surface area contributed by atoms with E-state index in [0.717, 1.165) is 0 Å². The molecule has 1 aromatic heterocycles. The van der Waals surface area contributed by atoms with E-state index in [0.29, 0.717) is 10.3 Å². The van der Waals surface area contributed by atoms with Gasteiger partial charge in [-0.2, -0.15) is 0 Å². The summed E-state index contributed by atoms with van der Waals surface area (Å²) in [4.78, 5) is 4.15. The highest BCUT2D eigenvalue weighted by atomic mass is 31.1. The first-order valence-corrected chi connectivity index (χ1v) is 6.31. The number of nitrogens with zero attached hydrogens (tertiary/aromatic N) is 2. The van der Waals surface area contributed by atoms with Crippen LogP contribution in [-0.4, -0.2) is 19.6 Å². The molecule has 0 aliphatic carbocycles. The summed E-state index contributed by atoms with van der Waals surface area (Å²) in [5, 5.41) is 0.628. The molecule has 0 N–H and O–H groups in total. The summed E-state index contributed by atoms with van der Waals surface area (Å²) in [6.07, 6.45) is 5.90. The molecule has 1 heterocycles. The summed E-state index contributed by atoms with van der Waals surface area (Å²) in [6, 6.07) is 0. The Morgan fingerprint density at radius 3 is 1.79 bits per heavy atom. The molecule has 1 rings (SSSR count). The Morgan fingerprint density at radius 1 is 1.00 bits per heavy atom. The zero-order valence-corrected chi connectivity index (χ0v) is 11.0. The van der Waals surface area contributed by atoms with Crippen molar-refractivity contribution in [2.45, 2.75) is 51.9 Å². The first kappa shape index (κ1) is 11.7. The number of rotatable bonds is 1. The minimum Gasteiger partial charge on any atom is -0.315 e. The van der Waals surface area contributed by atoms with Gasteiger partial charge >= 0.3 is 0 Å². The summed E-state index contributed by atoms with van der Waals surface area (Å²) < 4.78 is 2.29. The topological polar surface area (TPSA) is 17.8 Å². The Balaban J connectivity index is 3.08. The van der Waals surface area contributed by atoms with Gasteiger partial charge in [-0.15, -0.1) is 0 Å². The lowest BCUT2D eigenvalue weighted by molar-refractivity contribution is 0.692. The average Bonchev–Trinajstić information content (AvgIpc) is 2.31. The second kappa shape index (κ2) is 3.66. The van der Waals surface area contributed by atoms with Gasteiger partial charge in [-0.3, -0.25) is 0 Å². The van der Waals surface area contributed by atoms with Crippen molar-refractivity contribution in [1.82, 2.24) is 9.32 Å². The lowest BCUT2D eigenvalue weighted by Crippen LogP contribution is -2.28. The maximum absolute atomic E-state index is 4.15. The highest BCUT2D eigenvalue weighted by Crippen LogP contribution is 2.59. The average molecular weight is 212 g/mol. The van der Waals surface area contributed by atoms with Gasteiger partial charge in [0.05, 0.1) is 6.33 Å². The van der Waals surface area contributed by atoms with E-state index in [-0.39, 0.29) is 8.07 Å². The number of hydrogen-bond donors (Lipinski definition) is 0. The van der Waals surface area contributed by atoms with Crippen LogP contribution in [0.4, 0.5) is 0 Å². The Hall–Kier alpha value is -0.360. The predicted molar refractivity (Wildman–Crippen MR) is 64.1 cm³/mol. The molecule has 0 fully saturated rings. The third-order valence-corrected chi connectivity index (χ3v) is 5.23. The molecule has 0 unspecified atom stereocenters. The fraction of sp³-hybridized carbons (Fsp3) is 0.727. The van der Waals surface area contributed by atoms with Crippen LogP contribution in [0.3, 0.4) is 0 Å². The van der Waals surface area contributed by atoms with E-state index >= 15 is 0 Å². The molecular formula is C11H21N2P. The van der Waals surface area contributed by atoms with Gasteiger partial charge in [-0.25, -0.2) is 4.98 Å². The Kier molecular flexibility index (Phi) is 3.06. The van der Waals surface area contributed by atoms with Crippen molar-refractivity contribution in [3.63, 3.8) is 0 Å². The van der Waals surface area contributed by atoms with Crippen LogP contribution in [-0.2, 0) is 0 Å². The minimum atomic E-state index is -0.247. The molecule has 0 saturated heterocycles. The lowest BCUT2D eigenvalue weighted by Gasteiger charge is -2.41. The third-order valence-electron chi connectivity index (χ3n) is 1.99. The van der Waals surface area contributed by atoms with Crippen LogP contribution < -0.4 is 0 Å². The van der Waals surface area contributed by atoms with E-state index in [1.165, 1.54) is 0 Å². The first-order chi connectivity index (χ1) is 6.23. The predicted octanol–water partition coefficient (Wildman–Crippen LogP) is 3.73. The van der Waals surface area contributed by atoms with E-state index in [4.69, 9.17) is 0 Å². The molecule has 0 amide bonds. The van der Waals surface area contributed by atoms with Crippen molar-refractivity contribution in [3.8, 4) is 0 Å². The fourth-order valence-electron chi connectivity index (χ4n) is 2.07. The number of imidazole rings is 1. The quantitative estimate of drug-likeness (QED) is 0.649. The van der Waals surface area contributed by atoms with Gasteiger partial charge in [0.2, 0.25) is 0 Å². The standard InChI is InChI=1S/C11H21N2P/c1-10(2,3)14(11(4,5)6)13-8-7-12-9-13/h7-9H,1-6H3. The van der Waals surface area contributed by atoms with Crippen LogP contribution in [0.15, 0.2) is 18.7 Å². The zero-order chi connectivity index (χ0) is 11.0. The monoisotopic (exact) mass is 212 g/mol. The Labute approximate surface area is 88.5 Å². The Bertz CT molecular complexity index is 263. The Morgan fingerprint density at radius 2 is 1.50 bits per heavy atom. The largest absolute Gasteiger partial charge is 0.315 e. The lowest BCUT2D eigenvalue weighted by atomic mass is 10.2. The van der Waals surface area contributed by atoms with Crippen LogP contribution >= 0.6 is 8.07 Å². The SMILES string of the molecule is CC(C)(C)P(n1ccnc1)C(C)(C)C. The maximum atomic E-state index is 4.15. The fourth-order valence-corrected chi connectivity index (χ4v) is 5.82. The van der Waals surface area contributed by atoms with Crippen LogP contribution in [0.25, 0.3) is 0 Å². The molecule has 0 saturated carbocycles. The molecule has 3 heteroatoms. The van der Waals surface area contributed by atoms with Crippen molar-refractivity contribution < 1.29 is 0 Å². The molecule has 80 valence electrons. The highest BCUT2D eigenvalue weighted by Gasteiger charge is 2.35. The first-order valence-electron chi connectivity index (χ1n) is 5.01. The van der Waals surface area contributed by atoms with Gasteiger partial charge in [0.1, 0.15) is 0 Å². The third kappa shape index (κ3) is 2.57. The molecule has 14 heavy (non-hydrogen) atoms. The second-order valence-electron chi connectivity index (χ2n) is 5.60. The van der Waals surface area contributed by atoms with E-state index in [1.807, 2.05) is 12.5 Å². The highest BCUT2D eigenvalue weighted by molar-refractivity contribution is 7.59. The van der Waals surface area contributed by atoms with Crippen molar-refractivity contribution in [2.24, 2.45) is 0 Å². The van der Waals surface area contributed by atoms with E-state index in [1.54, 1.807) is 0 Å². The second-order valence-corrected chi connectivity index (χ2v) is 9.36. The van der Waals surface area contributed by atoms with Crippen molar-refractivity contribution in [2.75, 3.05) is 0 Å². The molecule has 0 spiro atoms. The number of aromatic nitrogens is 2. The van der Waals surface area contributed by atoms with E-state index < -0.39 is 0 Å². The van der Waals surface area contributed by atoms with Crippen molar-refractivity contribution in [1.29, 1.82) is 0 Å². The van der Waals surface area contributed by atoms with Crippen LogP contribution in [0, 0.1) is 0 Å². The molecule has 0 bridgehead atoms. The molecule has 2 nitrogen and oxygen atoms in total. The molecule has 0 aliphatic heterocycles. The van der Waals surface area contributed by atoms with Crippen LogP contribution in [0.1, 0.15) is 41.5 Å². The zero-order valence-electron chi connectivity index (χ0n) is 10.1. The summed E-state index contributed by atoms with van der Waals surface area (Å²) >= 11 is 0. The van der Waals surface area contributed by atoms with Crippen molar-refractivity contribution >= 4 is 8.07 Å². The summed E-state index contributed by atoms with van der Waals surface area (Å²) in [6.45, 7) is 13.9. The maximum Gasteiger partial charge on any atom is 0.0979 e. The van der Waals surface area contributed by atoms with Gasteiger partial charge in [-0.1, -0.05) is 41.5 Å².